The van der Waals surface area contributed by atoms with Crippen LogP contribution in [0.5, 0.6) is 0 Å². The topological polar surface area (TPSA) is 214 Å². The summed E-state index contributed by atoms with van der Waals surface area (Å²) in [5, 5.41) is 39.8. The summed E-state index contributed by atoms with van der Waals surface area (Å²) in [6.45, 7) is -0.752. The number of rotatable bonds is 12. The van der Waals surface area contributed by atoms with E-state index in [0.717, 1.165) is 28.2 Å². The number of carboxylic acid groups (broad SMARTS) is 2. The van der Waals surface area contributed by atoms with Crippen molar-refractivity contribution in [3.05, 3.63) is 36.0 Å². The smallest absolute Gasteiger partial charge is 0.243 e. The Balaban J connectivity index is 2.02. The molecule has 0 fully saturated rings. The Kier molecular flexibility index (Phi) is 9.69. The number of thioether (sulfide) groups is 1. The molecule has 0 saturated carbocycles. The monoisotopic (exact) mass is 478 g/mol. The second-order valence-electron chi connectivity index (χ2n) is 7.11. The first-order valence-electron chi connectivity index (χ1n) is 9.90. The number of aromatic nitrogens is 1. The Morgan fingerprint density at radius 1 is 1.21 bits per heavy atom. The molecule has 0 spiro atoms. The summed E-state index contributed by atoms with van der Waals surface area (Å²) in [6.07, 6.45) is 1.70. The first kappa shape index (κ1) is 25.7. The number of hydrogen-bond donors (Lipinski definition) is 5. The number of H-pyrrole nitrogens is 1. The fourth-order valence-corrected chi connectivity index (χ4v) is 3.80. The molecule has 7 N–H and O–H groups in total. The molecule has 0 saturated heterocycles. The minimum Gasteiger partial charge on any atom is -0.548 e. The average molecular weight is 479 g/mol. The van der Waals surface area contributed by atoms with Crippen LogP contribution in [-0.2, 0) is 25.6 Å². The van der Waals surface area contributed by atoms with Gasteiger partial charge in [0.1, 0.15) is 17.1 Å². The molecule has 1 heterocycles. The van der Waals surface area contributed by atoms with Crippen LogP contribution in [0.1, 0.15) is 18.4 Å². The van der Waals surface area contributed by atoms with Gasteiger partial charge < -0.3 is 46.4 Å². The normalized spacial score (nSPS) is 13.3. The van der Waals surface area contributed by atoms with E-state index in [2.05, 4.69) is 26.5 Å². The minimum atomic E-state index is -1.51. The van der Waals surface area contributed by atoms with Crippen molar-refractivity contribution in [3.8, 4) is 0 Å². The maximum absolute atomic E-state index is 12.4. The maximum atomic E-state index is 12.4. The van der Waals surface area contributed by atoms with Crippen LogP contribution >= 0.6 is 11.8 Å². The van der Waals surface area contributed by atoms with Crippen molar-refractivity contribution in [2.75, 3.05) is 12.3 Å². The number of carbonyl (C=O) groups excluding carboxylic acids is 4. The van der Waals surface area contributed by atoms with Crippen molar-refractivity contribution in [1.82, 2.24) is 15.6 Å². The van der Waals surface area contributed by atoms with Crippen molar-refractivity contribution in [1.29, 1.82) is 0 Å². The van der Waals surface area contributed by atoms with Crippen molar-refractivity contribution < 1.29 is 40.3 Å². The van der Waals surface area contributed by atoms with Crippen LogP contribution in [-0.4, -0.2) is 63.4 Å². The van der Waals surface area contributed by atoms with Crippen molar-refractivity contribution in [2.45, 2.75) is 31.3 Å². The van der Waals surface area contributed by atoms with Gasteiger partial charge in [0.15, 0.2) is 0 Å². The number of hydrogen-bond acceptors (Lipinski definition) is 9. The van der Waals surface area contributed by atoms with E-state index >= 15 is 0 Å². The van der Waals surface area contributed by atoms with Crippen LogP contribution in [0.3, 0.4) is 0 Å². The number of quaternary nitrogens is 1. The number of aromatic amines is 1. The summed E-state index contributed by atoms with van der Waals surface area (Å²) >= 11 is 1.00. The van der Waals surface area contributed by atoms with Gasteiger partial charge in [0, 0.05) is 42.1 Å². The molecule has 2 rings (SSSR count). The number of nitrogens with zero attached hydrogens (tertiary/aromatic N) is 1. The molecule has 1 aromatic heterocycles. The minimum absolute atomic E-state index is 0.0688. The lowest BCUT2D eigenvalue weighted by atomic mass is 10.1. The van der Waals surface area contributed by atoms with Crippen molar-refractivity contribution in [2.24, 2.45) is 5.16 Å². The Bertz CT molecular complexity index is 1040. The summed E-state index contributed by atoms with van der Waals surface area (Å²) < 4.78 is 0. The Morgan fingerprint density at radius 3 is 2.61 bits per heavy atom. The van der Waals surface area contributed by atoms with Gasteiger partial charge in [-0.3, -0.25) is 9.59 Å². The second kappa shape index (κ2) is 12.5. The Morgan fingerprint density at radius 2 is 1.94 bits per heavy atom. The highest BCUT2D eigenvalue weighted by Crippen LogP contribution is 2.21. The van der Waals surface area contributed by atoms with Crippen LogP contribution in [0.4, 0.5) is 0 Å². The molecular weight excluding hydrogens is 454 g/mol. The lowest BCUT2D eigenvalue weighted by molar-refractivity contribution is -0.438. The van der Waals surface area contributed by atoms with Crippen LogP contribution in [0.2, 0.25) is 0 Å². The van der Waals surface area contributed by atoms with Crippen LogP contribution in [0.15, 0.2) is 35.6 Å². The van der Waals surface area contributed by atoms with Gasteiger partial charge in [-0.15, -0.1) is 11.8 Å². The van der Waals surface area contributed by atoms with E-state index in [-0.39, 0.29) is 30.1 Å². The van der Waals surface area contributed by atoms with E-state index in [1.165, 1.54) is 0 Å². The van der Waals surface area contributed by atoms with Gasteiger partial charge >= 0.3 is 0 Å². The summed E-state index contributed by atoms with van der Waals surface area (Å²) in [6, 6.07) is 5.27. The number of aliphatic carboxylic acids is 2. The highest BCUT2D eigenvalue weighted by atomic mass is 32.2. The number of amides is 2. The third kappa shape index (κ3) is 8.12. The molecule has 2 atom stereocenters. The van der Waals surface area contributed by atoms with E-state index in [4.69, 9.17) is 0 Å². The molecular formula is C20H24N5O7S-. The average Bonchev–Trinajstić information content (AvgIpc) is 3.20. The molecule has 0 aliphatic heterocycles. The van der Waals surface area contributed by atoms with E-state index in [9.17, 15) is 34.6 Å². The molecule has 178 valence electrons. The first-order valence-corrected chi connectivity index (χ1v) is 10.9. The van der Waals surface area contributed by atoms with Gasteiger partial charge in [0.2, 0.25) is 11.8 Å². The lowest BCUT2D eigenvalue weighted by Gasteiger charge is -2.19. The number of benzene rings is 1. The van der Waals surface area contributed by atoms with Gasteiger partial charge in [-0.25, -0.2) is 0 Å². The fourth-order valence-electron chi connectivity index (χ4n) is 2.89. The molecule has 1 aromatic carbocycles. The summed E-state index contributed by atoms with van der Waals surface area (Å²) in [5.74, 6) is -4.39. The van der Waals surface area contributed by atoms with Crippen LogP contribution in [0, 0.1) is 0 Å². The molecule has 2 amide bonds. The molecule has 0 aliphatic carbocycles. The largest absolute Gasteiger partial charge is 0.548 e. The number of nitrogens with one attached hydrogen (secondary N) is 3. The second-order valence-corrected chi connectivity index (χ2v) is 8.20. The number of carbonyl (C=O) groups is 4. The first-order chi connectivity index (χ1) is 15.7. The molecule has 0 radical (unpaired) electrons. The van der Waals surface area contributed by atoms with Gasteiger partial charge in [0.05, 0.1) is 18.5 Å². The maximum Gasteiger partial charge on any atom is 0.243 e. The van der Waals surface area contributed by atoms with Crippen LogP contribution < -0.4 is 26.6 Å². The number of para-hydroxylation sites is 1. The van der Waals surface area contributed by atoms with E-state index in [1.807, 2.05) is 24.3 Å². The zero-order valence-electron chi connectivity index (χ0n) is 17.5. The van der Waals surface area contributed by atoms with Crippen LogP contribution in [0.25, 0.3) is 10.9 Å². The Hall–Kier alpha value is -3.58. The summed E-state index contributed by atoms with van der Waals surface area (Å²) in [4.78, 5) is 49.0. The van der Waals surface area contributed by atoms with E-state index in [0.29, 0.717) is 0 Å². The van der Waals surface area contributed by atoms with Crippen molar-refractivity contribution >= 4 is 51.5 Å². The third-order valence-electron chi connectivity index (χ3n) is 4.66. The molecule has 12 nitrogen and oxygen atoms in total. The zero-order chi connectivity index (χ0) is 24.4. The number of fused-ring (bicyclic) bond motifs is 1. The van der Waals surface area contributed by atoms with Gasteiger partial charge in [-0.1, -0.05) is 23.4 Å². The summed E-state index contributed by atoms with van der Waals surface area (Å²) in [5.41, 5.74) is 5.12. The number of oxime groups is 1. The summed E-state index contributed by atoms with van der Waals surface area (Å²) in [7, 11) is 0. The van der Waals surface area contributed by atoms with Gasteiger partial charge in [-0.2, -0.15) is 0 Å². The van der Waals surface area contributed by atoms with Crippen molar-refractivity contribution in [3.63, 3.8) is 0 Å². The Labute approximate surface area is 192 Å². The van der Waals surface area contributed by atoms with E-state index in [1.54, 1.807) is 6.20 Å². The quantitative estimate of drug-likeness (QED) is 0.0900. The lowest BCUT2D eigenvalue weighted by Crippen LogP contribution is -2.68. The molecule has 2 aromatic rings. The molecule has 0 unspecified atom stereocenters. The number of carboxylic acids is 2. The molecule has 0 aliphatic rings. The standard InChI is InChI=1S/C20H25N5O7S/c21-13(20(30)31)5-6-16(26)24-15(19(29)23-9-18(27)28)10-33-17(25-32)7-11-8-22-14-4-2-1-3-12(11)14/h1-4,8,13,15,22,32H,5-7,9-10,21H2,(H,23,29)(H,24,26)(H,27,28)(H,30,31)/p-1/b25-17+/t13-,15-/m0/s1. The highest BCUT2D eigenvalue weighted by Gasteiger charge is 2.23. The molecule has 13 heteroatoms. The highest BCUT2D eigenvalue weighted by molar-refractivity contribution is 8.14. The predicted octanol–water partition coefficient (Wildman–Crippen LogP) is -3.28. The fraction of sp³-hybridized carbons (Fsp3) is 0.350. The molecule has 0 bridgehead atoms. The van der Waals surface area contributed by atoms with Gasteiger partial charge in [0.25, 0.3) is 0 Å². The zero-order valence-corrected chi connectivity index (χ0v) is 18.4. The third-order valence-corrected chi connectivity index (χ3v) is 5.72. The molecule has 33 heavy (non-hydrogen) atoms. The SMILES string of the molecule is [NH3+][C@@H](CCC(=O)N[C@@H](CS/C(Cc1c[nH]c2ccccc12)=N/O)C(=O)NCC(=O)[O-])C(=O)[O-]. The van der Waals surface area contributed by atoms with Gasteiger partial charge in [-0.05, 0) is 11.6 Å². The van der Waals surface area contributed by atoms with E-state index < -0.39 is 42.4 Å². The predicted molar refractivity (Wildman–Crippen MR) is 115 cm³/mol.